The van der Waals surface area contributed by atoms with Gasteiger partial charge in [-0.1, -0.05) is 20.8 Å². The van der Waals surface area contributed by atoms with Gasteiger partial charge in [-0.25, -0.2) is 0 Å². The van der Waals surface area contributed by atoms with Crippen molar-refractivity contribution in [1.82, 2.24) is 9.78 Å². The summed E-state index contributed by atoms with van der Waals surface area (Å²) >= 11 is 0. The van der Waals surface area contributed by atoms with Gasteiger partial charge in [-0.3, -0.25) is 4.68 Å². The lowest BCUT2D eigenvalue weighted by Gasteiger charge is -2.08. The van der Waals surface area contributed by atoms with E-state index in [1.54, 1.807) is 0 Å². The maximum atomic E-state index is 4.39. The standard InChI is InChI=1S/C11H20N2/c1-5-7-13-10(4)11(8-12-13)9(3)6-2/h8-9H,5-7H2,1-4H3. The predicted octanol–water partition coefficient (Wildman–Crippen LogP) is 3.12. The molecule has 1 unspecified atom stereocenters. The van der Waals surface area contributed by atoms with E-state index >= 15 is 0 Å². The number of aromatic nitrogens is 2. The summed E-state index contributed by atoms with van der Waals surface area (Å²) in [6.45, 7) is 9.89. The van der Waals surface area contributed by atoms with Crippen LogP contribution in [0.5, 0.6) is 0 Å². The van der Waals surface area contributed by atoms with Crippen LogP contribution in [0.2, 0.25) is 0 Å². The Bertz CT molecular complexity index is 263. The summed E-state index contributed by atoms with van der Waals surface area (Å²) in [5.41, 5.74) is 2.76. The third-order valence-electron chi connectivity index (χ3n) is 2.72. The molecule has 0 saturated carbocycles. The molecule has 0 spiro atoms. The fourth-order valence-electron chi connectivity index (χ4n) is 1.60. The average molecular weight is 180 g/mol. The first-order chi connectivity index (χ1) is 6.20. The largest absolute Gasteiger partial charge is 0.270 e. The van der Waals surface area contributed by atoms with E-state index in [0.717, 1.165) is 13.0 Å². The number of hydrogen-bond acceptors (Lipinski definition) is 1. The molecule has 2 nitrogen and oxygen atoms in total. The maximum absolute atomic E-state index is 4.39. The quantitative estimate of drug-likeness (QED) is 0.696. The van der Waals surface area contributed by atoms with E-state index in [9.17, 15) is 0 Å². The van der Waals surface area contributed by atoms with Crippen LogP contribution in [0.15, 0.2) is 6.20 Å². The lowest BCUT2D eigenvalue weighted by Crippen LogP contribution is -2.02. The second kappa shape index (κ2) is 4.45. The van der Waals surface area contributed by atoms with Gasteiger partial charge in [-0.05, 0) is 31.2 Å². The van der Waals surface area contributed by atoms with Crippen molar-refractivity contribution in [3.05, 3.63) is 17.5 Å². The Morgan fingerprint density at radius 1 is 1.46 bits per heavy atom. The molecule has 0 fully saturated rings. The van der Waals surface area contributed by atoms with Gasteiger partial charge in [0.1, 0.15) is 0 Å². The summed E-state index contributed by atoms with van der Waals surface area (Å²) < 4.78 is 2.11. The molecule has 0 bridgehead atoms. The molecule has 13 heavy (non-hydrogen) atoms. The second-order valence-corrected chi connectivity index (χ2v) is 3.72. The van der Waals surface area contributed by atoms with Crippen molar-refractivity contribution in [2.24, 2.45) is 0 Å². The molecule has 1 aromatic heterocycles. The molecular formula is C11H20N2. The van der Waals surface area contributed by atoms with Gasteiger partial charge in [0.25, 0.3) is 0 Å². The highest BCUT2D eigenvalue weighted by molar-refractivity contribution is 5.20. The fraction of sp³-hybridized carbons (Fsp3) is 0.727. The summed E-state index contributed by atoms with van der Waals surface area (Å²) in [5, 5.41) is 4.39. The Labute approximate surface area is 81.0 Å². The van der Waals surface area contributed by atoms with Gasteiger partial charge in [0, 0.05) is 12.2 Å². The van der Waals surface area contributed by atoms with Crippen LogP contribution in [0.25, 0.3) is 0 Å². The summed E-state index contributed by atoms with van der Waals surface area (Å²) in [6.07, 6.45) is 4.38. The maximum Gasteiger partial charge on any atom is 0.0527 e. The van der Waals surface area contributed by atoms with Crippen molar-refractivity contribution in [2.75, 3.05) is 0 Å². The first-order valence-electron chi connectivity index (χ1n) is 5.23. The molecule has 1 aromatic rings. The molecule has 0 aromatic carbocycles. The summed E-state index contributed by atoms with van der Waals surface area (Å²) in [4.78, 5) is 0. The van der Waals surface area contributed by atoms with E-state index in [1.165, 1.54) is 17.7 Å². The van der Waals surface area contributed by atoms with Crippen LogP contribution in [0, 0.1) is 6.92 Å². The van der Waals surface area contributed by atoms with Crippen LogP contribution in [0.1, 0.15) is 50.8 Å². The molecule has 2 heteroatoms. The molecule has 1 atom stereocenters. The Hall–Kier alpha value is -0.790. The first-order valence-corrected chi connectivity index (χ1v) is 5.23. The van der Waals surface area contributed by atoms with Crippen LogP contribution in [-0.2, 0) is 6.54 Å². The van der Waals surface area contributed by atoms with Crippen LogP contribution in [0.3, 0.4) is 0 Å². The topological polar surface area (TPSA) is 17.8 Å². The lowest BCUT2D eigenvalue weighted by molar-refractivity contribution is 0.584. The molecule has 0 aliphatic heterocycles. The predicted molar refractivity (Wildman–Crippen MR) is 56.0 cm³/mol. The van der Waals surface area contributed by atoms with Gasteiger partial charge >= 0.3 is 0 Å². The SMILES string of the molecule is CCCn1ncc(C(C)CC)c1C. The van der Waals surface area contributed by atoms with Crippen molar-refractivity contribution in [2.45, 2.75) is 53.0 Å². The Morgan fingerprint density at radius 3 is 2.69 bits per heavy atom. The smallest absolute Gasteiger partial charge is 0.0527 e. The molecule has 0 aliphatic rings. The minimum absolute atomic E-state index is 0.644. The van der Waals surface area contributed by atoms with E-state index in [0.29, 0.717) is 5.92 Å². The molecule has 0 aliphatic carbocycles. The van der Waals surface area contributed by atoms with E-state index in [-0.39, 0.29) is 0 Å². The lowest BCUT2D eigenvalue weighted by atomic mass is 10.00. The van der Waals surface area contributed by atoms with Gasteiger partial charge in [0.2, 0.25) is 0 Å². The molecule has 0 amide bonds. The van der Waals surface area contributed by atoms with Crippen molar-refractivity contribution in [3.8, 4) is 0 Å². The van der Waals surface area contributed by atoms with Crippen LogP contribution in [0.4, 0.5) is 0 Å². The minimum atomic E-state index is 0.644. The highest BCUT2D eigenvalue weighted by Crippen LogP contribution is 2.21. The number of aryl methyl sites for hydroxylation is 1. The van der Waals surface area contributed by atoms with Gasteiger partial charge in [-0.15, -0.1) is 0 Å². The fourth-order valence-corrected chi connectivity index (χ4v) is 1.60. The zero-order valence-corrected chi connectivity index (χ0v) is 9.17. The third kappa shape index (κ3) is 2.11. The van der Waals surface area contributed by atoms with Gasteiger partial charge in [0.05, 0.1) is 6.20 Å². The zero-order valence-electron chi connectivity index (χ0n) is 9.17. The molecular weight excluding hydrogens is 160 g/mol. The van der Waals surface area contributed by atoms with Gasteiger partial charge < -0.3 is 0 Å². The van der Waals surface area contributed by atoms with Crippen LogP contribution in [-0.4, -0.2) is 9.78 Å². The highest BCUT2D eigenvalue weighted by atomic mass is 15.3. The van der Waals surface area contributed by atoms with Crippen molar-refractivity contribution >= 4 is 0 Å². The highest BCUT2D eigenvalue weighted by Gasteiger charge is 2.10. The molecule has 0 saturated heterocycles. The first kappa shape index (κ1) is 10.3. The molecule has 1 heterocycles. The monoisotopic (exact) mass is 180 g/mol. The van der Waals surface area contributed by atoms with Gasteiger partial charge in [-0.2, -0.15) is 5.10 Å². The summed E-state index contributed by atoms with van der Waals surface area (Å²) in [5.74, 6) is 0.644. The minimum Gasteiger partial charge on any atom is -0.270 e. The van der Waals surface area contributed by atoms with Crippen molar-refractivity contribution < 1.29 is 0 Å². The Morgan fingerprint density at radius 2 is 2.15 bits per heavy atom. The average Bonchev–Trinajstić information content (AvgIpc) is 2.48. The van der Waals surface area contributed by atoms with Crippen molar-refractivity contribution in [1.29, 1.82) is 0 Å². The molecule has 0 radical (unpaired) electrons. The molecule has 0 N–H and O–H groups in total. The zero-order chi connectivity index (χ0) is 9.84. The normalized spacial score (nSPS) is 13.2. The number of hydrogen-bond donors (Lipinski definition) is 0. The number of nitrogens with zero attached hydrogens (tertiary/aromatic N) is 2. The van der Waals surface area contributed by atoms with E-state index in [1.807, 2.05) is 6.20 Å². The van der Waals surface area contributed by atoms with E-state index in [2.05, 4.69) is 37.5 Å². The van der Waals surface area contributed by atoms with Crippen LogP contribution >= 0.6 is 0 Å². The Kier molecular flexibility index (Phi) is 3.52. The van der Waals surface area contributed by atoms with Crippen LogP contribution < -0.4 is 0 Å². The van der Waals surface area contributed by atoms with E-state index in [4.69, 9.17) is 0 Å². The summed E-state index contributed by atoms with van der Waals surface area (Å²) in [6, 6.07) is 0. The van der Waals surface area contributed by atoms with Gasteiger partial charge in [0.15, 0.2) is 0 Å². The van der Waals surface area contributed by atoms with E-state index < -0.39 is 0 Å². The Balaban J connectivity index is 2.85. The third-order valence-corrected chi connectivity index (χ3v) is 2.72. The van der Waals surface area contributed by atoms with Crippen molar-refractivity contribution in [3.63, 3.8) is 0 Å². The second-order valence-electron chi connectivity index (χ2n) is 3.72. The number of rotatable bonds is 4. The summed E-state index contributed by atoms with van der Waals surface area (Å²) in [7, 11) is 0. The molecule has 74 valence electrons. The molecule has 1 rings (SSSR count).